The van der Waals surface area contributed by atoms with Crippen molar-refractivity contribution in [2.24, 2.45) is 5.92 Å². The second kappa shape index (κ2) is 7.34. The van der Waals surface area contributed by atoms with E-state index in [0.29, 0.717) is 26.0 Å². The highest BCUT2D eigenvalue weighted by molar-refractivity contribution is 5.90. The third-order valence-electron chi connectivity index (χ3n) is 5.12. The molecule has 2 aliphatic heterocycles. The summed E-state index contributed by atoms with van der Waals surface area (Å²) in [6, 6.07) is -1.13. The summed E-state index contributed by atoms with van der Waals surface area (Å²) >= 11 is 0. The van der Waals surface area contributed by atoms with E-state index in [2.05, 4.69) is 10.9 Å². The molecule has 2 atom stereocenters. The van der Waals surface area contributed by atoms with Crippen LogP contribution in [-0.4, -0.2) is 59.0 Å². The number of rotatable bonds is 6. The molecular weight excluding hydrogens is 350 g/mol. The van der Waals surface area contributed by atoms with E-state index in [-0.39, 0.29) is 12.1 Å². The van der Waals surface area contributed by atoms with Crippen LogP contribution < -0.4 is 10.9 Å². The van der Waals surface area contributed by atoms with Gasteiger partial charge in [0.25, 0.3) is 5.91 Å². The number of alkyl halides is 2. The molecule has 3 rings (SSSR count). The normalized spacial score (nSPS) is 27.3. The number of hydroxylamine groups is 2. The van der Waals surface area contributed by atoms with Gasteiger partial charge in [-0.3, -0.25) is 25.3 Å². The summed E-state index contributed by atoms with van der Waals surface area (Å²) in [6.45, 7) is 2.87. The predicted molar refractivity (Wildman–Crippen MR) is 85.6 cm³/mol. The van der Waals surface area contributed by atoms with E-state index in [1.165, 1.54) is 9.96 Å². The van der Waals surface area contributed by atoms with Crippen molar-refractivity contribution in [3.63, 3.8) is 0 Å². The van der Waals surface area contributed by atoms with E-state index in [0.717, 1.165) is 12.8 Å². The molecule has 8 nitrogen and oxygen atoms in total. The monoisotopic (exact) mass is 374 g/mol. The number of carbonyl (C=O) groups is 3. The summed E-state index contributed by atoms with van der Waals surface area (Å²) in [6.07, 6.45) is 1.85. The maximum absolute atomic E-state index is 12.8. The van der Waals surface area contributed by atoms with Gasteiger partial charge in [0.05, 0.1) is 18.6 Å². The molecule has 2 heterocycles. The van der Waals surface area contributed by atoms with E-state index >= 15 is 0 Å². The Labute approximate surface area is 150 Å². The third kappa shape index (κ3) is 3.74. The molecule has 2 bridgehead atoms. The first-order chi connectivity index (χ1) is 12.3. The van der Waals surface area contributed by atoms with Crippen LogP contribution in [0.4, 0.5) is 13.6 Å². The summed E-state index contributed by atoms with van der Waals surface area (Å²) in [7, 11) is 0. The van der Waals surface area contributed by atoms with Gasteiger partial charge in [0, 0.05) is 19.4 Å². The van der Waals surface area contributed by atoms with Crippen molar-refractivity contribution in [1.29, 1.82) is 0 Å². The average Bonchev–Trinajstić information content (AvgIpc) is 2.82. The highest BCUT2D eigenvalue weighted by Crippen LogP contribution is 2.42. The first-order valence-corrected chi connectivity index (χ1v) is 9.02. The summed E-state index contributed by atoms with van der Waals surface area (Å²) in [5, 5.41) is 1.35. The standard InChI is InChI=1S/C16H24F2N4O4/c1-2-3-6-26-22-11-4-5-12(21(9-11)15(22)25)14(24)20-19-13(23)10-7-16(17,18)8-10/h10-12H,2-9H2,1H3,(H,19,23)(H,20,24)/t11-,12+/m1/s1. The van der Waals surface area contributed by atoms with Crippen LogP contribution in [0.1, 0.15) is 45.4 Å². The maximum atomic E-state index is 12.8. The lowest BCUT2D eigenvalue weighted by molar-refractivity contribution is -0.152. The Bertz CT molecular complexity index is 581. The number of nitrogens with one attached hydrogen (secondary N) is 2. The van der Waals surface area contributed by atoms with Gasteiger partial charge in [-0.1, -0.05) is 13.3 Å². The lowest BCUT2D eigenvalue weighted by Gasteiger charge is -2.34. The topological polar surface area (TPSA) is 91.0 Å². The number of carbonyl (C=O) groups excluding carboxylic acids is 3. The molecule has 1 aliphatic carbocycles. The SMILES string of the molecule is CCCCON1C(=O)N2C[C@H]1CC[C@H]2C(=O)NNC(=O)C1CC(F)(F)C1. The predicted octanol–water partition coefficient (Wildman–Crippen LogP) is 1.18. The van der Waals surface area contributed by atoms with Crippen LogP contribution in [0.3, 0.4) is 0 Å². The van der Waals surface area contributed by atoms with Crippen LogP contribution in [0.15, 0.2) is 0 Å². The fourth-order valence-corrected chi connectivity index (χ4v) is 3.53. The number of amides is 4. The molecule has 0 unspecified atom stereocenters. The van der Waals surface area contributed by atoms with Gasteiger partial charge in [-0.05, 0) is 19.3 Å². The molecule has 4 amide bonds. The van der Waals surface area contributed by atoms with Gasteiger partial charge < -0.3 is 4.90 Å². The van der Waals surface area contributed by atoms with Crippen LogP contribution >= 0.6 is 0 Å². The van der Waals surface area contributed by atoms with Crippen molar-refractivity contribution in [3.8, 4) is 0 Å². The molecule has 0 aromatic rings. The highest BCUT2D eigenvalue weighted by atomic mass is 19.3. The molecule has 3 aliphatic rings. The largest absolute Gasteiger partial charge is 0.345 e. The lowest BCUT2D eigenvalue weighted by Crippen LogP contribution is -2.56. The Kier molecular flexibility index (Phi) is 5.31. The van der Waals surface area contributed by atoms with Crippen molar-refractivity contribution >= 4 is 17.8 Å². The second-order valence-corrected chi connectivity index (χ2v) is 7.13. The van der Waals surface area contributed by atoms with Crippen LogP contribution in [-0.2, 0) is 14.4 Å². The van der Waals surface area contributed by atoms with Gasteiger partial charge in [0.15, 0.2) is 0 Å². The molecule has 0 aromatic heterocycles. The van der Waals surface area contributed by atoms with E-state index < -0.39 is 42.5 Å². The molecule has 0 aromatic carbocycles. The number of piperidine rings is 1. The summed E-state index contributed by atoms with van der Waals surface area (Å²) in [5.41, 5.74) is 4.45. The zero-order chi connectivity index (χ0) is 18.9. The van der Waals surface area contributed by atoms with Crippen LogP contribution in [0, 0.1) is 5.92 Å². The number of urea groups is 1. The fraction of sp³-hybridized carbons (Fsp3) is 0.812. The van der Waals surface area contributed by atoms with Crippen LogP contribution in [0.25, 0.3) is 0 Å². The molecule has 146 valence electrons. The molecule has 0 radical (unpaired) electrons. The molecule has 1 saturated carbocycles. The van der Waals surface area contributed by atoms with Gasteiger partial charge >= 0.3 is 6.03 Å². The van der Waals surface area contributed by atoms with Gasteiger partial charge in [-0.15, -0.1) is 0 Å². The lowest BCUT2D eigenvalue weighted by atomic mass is 9.81. The summed E-state index contributed by atoms with van der Waals surface area (Å²) in [4.78, 5) is 43.5. The van der Waals surface area contributed by atoms with Crippen molar-refractivity contribution in [2.75, 3.05) is 13.2 Å². The van der Waals surface area contributed by atoms with Crippen molar-refractivity contribution in [3.05, 3.63) is 0 Å². The number of hydrogen-bond donors (Lipinski definition) is 2. The van der Waals surface area contributed by atoms with Gasteiger partial charge in [-0.2, -0.15) is 5.06 Å². The number of fused-ring (bicyclic) bond motifs is 2. The minimum atomic E-state index is -2.80. The Morgan fingerprint density at radius 1 is 1.23 bits per heavy atom. The smallest absolute Gasteiger partial charge is 0.309 e. The minimum absolute atomic E-state index is 0.0739. The third-order valence-corrected chi connectivity index (χ3v) is 5.12. The quantitative estimate of drug-likeness (QED) is 0.540. The molecular formula is C16H24F2N4O4. The van der Waals surface area contributed by atoms with Gasteiger partial charge in [-0.25, -0.2) is 13.6 Å². The zero-order valence-corrected chi connectivity index (χ0v) is 14.7. The summed E-state index contributed by atoms with van der Waals surface area (Å²) < 4.78 is 25.6. The Balaban J connectivity index is 1.48. The maximum Gasteiger partial charge on any atom is 0.345 e. The Hall–Kier alpha value is -1.97. The Morgan fingerprint density at radius 3 is 2.58 bits per heavy atom. The number of hydrogen-bond acceptors (Lipinski definition) is 4. The van der Waals surface area contributed by atoms with Crippen molar-refractivity contribution in [2.45, 2.75) is 63.5 Å². The van der Waals surface area contributed by atoms with E-state index in [1.54, 1.807) is 0 Å². The molecule has 3 fully saturated rings. The van der Waals surface area contributed by atoms with Gasteiger partial charge in [0.2, 0.25) is 11.8 Å². The van der Waals surface area contributed by atoms with Crippen molar-refractivity contribution in [1.82, 2.24) is 20.8 Å². The highest BCUT2D eigenvalue weighted by Gasteiger charge is 2.50. The molecule has 26 heavy (non-hydrogen) atoms. The van der Waals surface area contributed by atoms with Crippen LogP contribution in [0.5, 0.6) is 0 Å². The number of halogens is 2. The summed E-state index contributed by atoms with van der Waals surface area (Å²) in [5.74, 6) is -4.74. The van der Waals surface area contributed by atoms with Crippen molar-refractivity contribution < 1.29 is 28.0 Å². The molecule has 2 N–H and O–H groups in total. The van der Waals surface area contributed by atoms with E-state index in [1.807, 2.05) is 6.92 Å². The first kappa shape index (κ1) is 18.8. The molecule has 0 spiro atoms. The molecule has 2 saturated heterocycles. The number of hydrazine groups is 1. The number of unbranched alkanes of at least 4 members (excludes halogenated alkanes) is 1. The minimum Gasteiger partial charge on any atom is -0.309 e. The first-order valence-electron chi connectivity index (χ1n) is 9.02. The fourth-order valence-electron chi connectivity index (χ4n) is 3.53. The zero-order valence-electron chi connectivity index (χ0n) is 14.7. The van der Waals surface area contributed by atoms with Gasteiger partial charge in [0.1, 0.15) is 6.04 Å². The Morgan fingerprint density at radius 2 is 1.92 bits per heavy atom. The second-order valence-electron chi connectivity index (χ2n) is 7.13. The average molecular weight is 374 g/mol. The van der Waals surface area contributed by atoms with Crippen LogP contribution in [0.2, 0.25) is 0 Å². The number of nitrogens with zero attached hydrogens (tertiary/aromatic N) is 2. The van der Waals surface area contributed by atoms with E-state index in [9.17, 15) is 23.2 Å². The molecule has 10 heteroatoms. The van der Waals surface area contributed by atoms with E-state index in [4.69, 9.17) is 4.84 Å².